The fourth-order valence-corrected chi connectivity index (χ4v) is 2.52. The molecule has 1 aromatic carbocycles. The summed E-state index contributed by atoms with van der Waals surface area (Å²) < 4.78 is 1.80. The molecule has 0 bridgehead atoms. The van der Waals surface area contributed by atoms with Crippen molar-refractivity contribution in [1.29, 1.82) is 0 Å². The first kappa shape index (κ1) is 13.4. The maximum Gasteiger partial charge on any atom is 0.0644 e. The third-order valence-corrected chi connectivity index (χ3v) is 3.50. The van der Waals surface area contributed by atoms with Gasteiger partial charge in [0.05, 0.1) is 11.7 Å². The van der Waals surface area contributed by atoms with Crippen molar-refractivity contribution in [3.05, 3.63) is 51.3 Å². The molecular weight excluding hydrogens is 269 g/mol. The number of benzene rings is 1. The van der Waals surface area contributed by atoms with Crippen molar-refractivity contribution in [1.82, 2.24) is 15.1 Å². The van der Waals surface area contributed by atoms with E-state index in [0.29, 0.717) is 10.0 Å². The Morgan fingerprint density at radius 1 is 1.28 bits per heavy atom. The fourth-order valence-electron chi connectivity index (χ4n) is 2.12. The number of halogens is 2. The lowest BCUT2D eigenvalue weighted by Gasteiger charge is -2.17. The molecule has 1 N–H and O–H groups in total. The topological polar surface area (TPSA) is 29.9 Å². The molecule has 0 aliphatic heterocycles. The normalized spacial score (nSPS) is 12.7. The Morgan fingerprint density at radius 2 is 2.00 bits per heavy atom. The second-order valence-corrected chi connectivity index (χ2v) is 5.07. The van der Waals surface area contributed by atoms with Crippen LogP contribution in [0, 0.1) is 6.92 Å². The Morgan fingerprint density at radius 3 is 2.56 bits per heavy atom. The molecule has 2 aromatic rings. The van der Waals surface area contributed by atoms with E-state index in [0.717, 1.165) is 16.8 Å². The minimum atomic E-state index is -0.00935. The van der Waals surface area contributed by atoms with Crippen LogP contribution in [-0.2, 0) is 7.05 Å². The van der Waals surface area contributed by atoms with Gasteiger partial charge in [0.1, 0.15) is 0 Å². The predicted octanol–water partition coefficient (Wildman–Crippen LogP) is 3.34. The molecule has 3 nitrogen and oxygen atoms in total. The monoisotopic (exact) mass is 283 g/mol. The molecular formula is C13H15Cl2N3. The average molecular weight is 284 g/mol. The lowest BCUT2D eigenvalue weighted by atomic mass is 9.99. The molecule has 0 aliphatic rings. The SMILES string of the molecule is CNC(c1cc(Cl)ccc1Cl)c1cn(C)nc1C. The summed E-state index contributed by atoms with van der Waals surface area (Å²) in [4.78, 5) is 0. The number of hydrogen-bond acceptors (Lipinski definition) is 2. The third-order valence-electron chi connectivity index (χ3n) is 2.92. The number of rotatable bonds is 3. The van der Waals surface area contributed by atoms with Crippen molar-refractivity contribution in [2.45, 2.75) is 13.0 Å². The van der Waals surface area contributed by atoms with E-state index >= 15 is 0 Å². The van der Waals surface area contributed by atoms with E-state index in [1.54, 1.807) is 10.7 Å². The highest BCUT2D eigenvalue weighted by Gasteiger charge is 2.19. The summed E-state index contributed by atoms with van der Waals surface area (Å²) in [6.07, 6.45) is 1.99. The molecule has 1 atom stereocenters. The largest absolute Gasteiger partial charge is 0.309 e. The number of hydrogen-bond donors (Lipinski definition) is 1. The molecule has 0 saturated carbocycles. The van der Waals surface area contributed by atoms with Gasteiger partial charge in [-0.15, -0.1) is 0 Å². The zero-order valence-electron chi connectivity index (χ0n) is 10.5. The van der Waals surface area contributed by atoms with E-state index in [1.807, 2.05) is 39.3 Å². The maximum atomic E-state index is 6.25. The van der Waals surface area contributed by atoms with Gasteiger partial charge in [-0.1, -0.05) is 23.2 Å². The van der Waals surface area contributed by atoms with E-state index in [1.165, 1.54) is 0 Å². The zero-order chi connectivity index (χ0) is 13.3. The highest BCUT2D eigenvalue weighted by atomic mass is 35.5. The van der Waals surface area contributed by atoms with E-state index < -0.39 is 0 Å². The number of nitrogens with zero attached hydrogens (tertiary/aromatic N) is 2. The molecule has 0 fully saturated rings. The van der Waals surface area contributed by atoms with Crippen LogP contribution in [0.5, 0.6) is 0 Å². The van der Waals surface area contributed by atoms with Crippen LogP contribution in [0.2, 0.25) is 10.0 Å². The highest BCUT2D eigenvalue weighted by molar-refractivity contribution is 6.33. The fraction of sp³-hybridized carbons (Fsp3) is 0.308. The molecule has 0 aliphatic carbocycles. The predicted molar refractivity (Wildman–Crippen MR) is 75.3 cm³/mol. The number of nitrogens with one attached hydrogen (secondary N) is 1. The second-order valence-electron chi connectivity index (χ2n) is 4.23. The van der Waals surface area contributed by atoms with Gasteiger partial charge in [-0.3, -0.25) is 4.68 Å². The Labute approximate surface area is 117 Å². The van der Waals surface area contributed by atoms with E-state index in [2.05, 4.69) is 10.4 Å². The Balaban J connectivity index is 2.51. The van der Waals surface area contributed by atoms with Crippen molar-refractivity contribution in [2.24, 2.45) is 7.05 Å². The molecule has 0 amide bonds. The summed E-state index contributed by atoms with van der Waals surface area (Å²) in [5.41, 5.74) is 3.04. The molecule has 1 unspecified atom stereocenters. The van der Waals surface area contributed by atoms with Crippen LogP contribution in [0.3, 0.4) is 0 Å². The standard InChI is InChI=1S/C13H15Cl2N3/c1-8-11(7-18(3)17-8)13(16-2)10-6-9(14)4-5-12(10)15/h4-7,13,16H,1-3H3. The molecule has 0 spiro atoms. The van der Waals surface area contributed by atoms with Crippen LogP contribution < -0.4 is 5.32 Å². The molecule has 96 valence electrons. The summed E-state index contributed by atoms with van der Waals surface area (Å²) in [5, 5.41) is 8.99. The summed E-state index contributed by atoms with van der Waals surface area (Å²) in [6, 6.07) is 5.48. The van der Waals surface area contributed by atoms with E-state index in [9.17, 15) is 0 Å². The van der Waals surface area contributed by atoms with Crippen molar-refractivity contribution >= 4 is 23.2 Å². The molecule has 1 aromatic heterocycles. The quantitative estimate of drug-likeness (QED) is 0.936. The van der Waals surface area contributed by atoms with Gasteiger partial charge in [-0.05, 0) is 37.7 Å². The van der Waals surface area contributed by atoms with Crippen LogP contribution in [0.15, 0.2) is 24.4 Å². The van der Waals surface area contributed by atoms with Gasteiger partial charge in [-0.25, -0.2) is 0 Å². The smallest absolute Gasteiger partial charge is 0.0644 e. The molecule has 0 saturated heterocycles. The third kappa shape index (κ3) is 2.53. The average Bonchev–Trinajstić information content (AvgIpc) is 2.64. The first-order chi connectivity index (χ1) is 8.52. The number of aryl methyl sites for hydroxylation is 2. The van der Waals surface area contributed by atoms with Crippen LogP contribution in [0.1, 0.15) is 22.9 Å². The Hall–Kier alpha value is -1.03. The van der Waals surface area contributed by atoms with Gasteiger partial charge in [0.15, 0.2) is 0 Å². The molecule has 1 heterocycles. The van der Waals surface area contributed by atoms with Gasteiger partial charge in [0.2, 0.25) is 0 Å². The van der Waals surface area contributed by atoms with Gasteiger partial charge in [0.25, 0.3) is 0 Å². The van der Waals surface area contributed by atoms with Crippen molar-refractivity contribution in [3.8, 4) is 0 Å². The minimum Gasteiger partial charge on any atom is -0.309 e. The maximum absolute atomic E-state index is 6.25. The van der Waals surface area contributed by atoms with Crippen molar-refractivity contribution in [2.75, 3.05) is 7.05 Å². The summed E-state index contributed by atoms with van der Waals surface area (Å²) in [7, 11) is 3.80. The molecule has 0 radical (unpaired) electrons. The van der Waals surface area contributed by atoms with Gasteiger partial charge in [-0.2, -0.15) is 5.10 Å². The van der Waals surface area contributed by atoms with Crippen LogP contribution in [0.4, 0.5) is 0 Å². The Bertz CT molecular complexity index is 563. The highest BCUT2D eigenvalue weighted by Crippen LogP contribution is 2.31. The van der Waals surface area contributed by atoms with Crippen molar-refractivity contribution < 1.29 is 0 Å². The van der Waals surface area contributed by atoms with Crippen molar-refractivity contribution in [3.63, 3.8) is 0 Å². The van der Waals surface area contributed by atoms with Crippen LogP contribution in [0.25, 0.3) is 0 Å². The van der Waals surface area contributed by atoms with Gasteiger partial charge in [0, 0.05) is 28.9 Å². The van der Waals surface area contributed by atoms with Crippen LogP contribution in [-0.4, -0.2) is 16.8 Å². The molecule has 5 heteroatoms. The lowest BCUT2D eigenvalue weighted by Crippen LogP contribution is -2.18. The zero-order valence-corrected chi connectivity index (χ0v) is 12.0. The summed E-state index contributed by atoms with van der Waals surface area (Å²) in [5.74, 6) is 0. The van der Waals surface area contributed by atoms with E-state index in [-0.39, 0.29) is 6.04 Å². The summed E-state index contributed by atoms with van der Waals surface area (Å²) >= 11 is 12.3. The van der Waals surface area contributed by atoms with Crippen LogP contribution >= 0.6 is 23.2 Å². The molecule has 2 rings (SSSR count). The summed E-state index contributed by atoms with van der Waals surface area (Å²) in [6.45, 7) is 1.98. The number of aromatic nitrogens is 2. The second kappa shape index (κ2) is 5.31. The molecule has 18 heavy (non-hydrogen) atoms. The minimum absolute atomic E-state index is 0.00935. The van der Waals surface area contributed by atoms with E-state index in [4.69, 9.17) is 23.2 Å². The Kier molecular flexibility index (Phi) is 3.95. The lowest BCUT2D eigenvalue weighted by molar-refractivity contribution is 0.687. The first-order valence-corrected chi connectivity index (χ1v) is 6.41. The van der Waals surface area contributed by atoms with Gasteiger partial charge < -0.3 is 5.32 Å². The van der Waals surface area contributed by atoms with Gasteiger partial charge >= 0.3 is 0 Å². The first-order valence-electron chi connectivity index (χ1n) is 5.65.